The Hall–Kier alpha value is -2.67. The van der Waals surface area contributed by atoms with Gasteiger partial charge >= 0.3 is 0 Å². The van der Waals surface area contributed by atoms with Crippen LogP contribution in [0.3, 0.4) is 0 Å². The number of halogens is 3. The molecule has 0 bridgehead atoms. The molecular formula is C20H22F3N3O. The van der Waals surface area contributed by atoms with E-state index in [1.807, 2.05) is 30.3 Å². The van der Waals surface area contributed by atoms with Crippen LogP contribution < -0.4 is 5.73 Å². The summed E-state index contributed by atoms with van der Waals surface area (Å²) in [6.45, 7) is 2.98. The van der Waals surface area contributed by atoms with E-state index < -0.39 is 17.8 Å². The van der Waals surface area contributed by atoms with Crippen LogP contribution in [0.2, 0.25) is 0 Å². The second-order valence-corrected chi connectivity index (χ2v) is 6.18. The highest BCUT2D eigenvalue weighted by Gasteiger charge is 2.32. The fourth-order valence-corrected chi connectivity index (χ4v) is 2.62. The van der Waals surface area contributed by atoms with Crippen molar-refractivity contribution in [1.82, 2.24) is 5.01 Å². The lowest BCUT2D eigenvalue weighted by molar-refractivity contribution is -0.130. The van der Waals surface area contributed by atoms with Crippen molar-refractivity contribution in [3.63, 3.8) is 0 Å². The SMILES string of the molecule is CC(=O)N1N=C(c2cc(F)ccc2F)CC1c1ccccc1.CC(F)CN. The number of amides is 1. The lowest BCUT2D eigenvalue weighted by Gasteiger charge is -2.20. The molecule has 4 nitrogen and oxygen atoms in total. The molecule has 0 radical (unpaired) electrons. The van der Waals surface area contributed by atoms with Crippen LogP contribution >= 0.6 is 0 Å². The van der Waals surface area contributed by atoms with E-state index in [0.717, 1.165) is 23.8 Å². The zero-order valence-electron chi connectivity index (χ0n) is 15.2. The first-order valence-electron chi connectivity index (χ1n) is 8.55. The van der Waals surface area contributed by atoms with Gasteiger partial charge < -0.3 is 5.73 Å². The number of alkyl halides is 1. The van der Waals surface area contributed by atoms with Gasteiger partial charge in [0, 0.05) is 25.5 Å². The van der Waals surface area contributed by atoms with Crippen molar-refractivity contribution in [3.05, 3.63) is 71.3 Å². The molecule has 2 N–H and O–H groups in total. The Morgan fingerprint density at radius 1 is 1.26 bits per heavy atom. The van der Waals surface area contributed by atoms with E-state index in [2.05, 4.69) is 5.10 Å². The summed E-state index contributed by atoms with van der Waals surface area (Å²) in [4.78, 5) is 11.8. The zero-order valence-corrected chi connectivity index (χ0v) is 15.2. The highest BCUT2D eigenvalue weighted by atomic mass is 19.1. The Bertz CT molecular complexity index is 809. The quantitative estimate of drug-likeness (QED) is 0.880. The second kappa shape index (κ2) is 9.32. The summed E-state index contributed by atoms with van der Waals surface area (Å²) < 4.78 is 38.6. The topological polar surface area (TPSA) is 58.7 Å². The van der Waals surface area contributed by atoms with Crippen LogP contribution in [0.15, 0.2) is 53.6 Å². The maximum absolute atomic E-state index is 13.9. The first kappa shape index (κ1) is 20.6. The standard InChI is InChI=1S/C17H14F2N2O.C3H8FN/c1-11(22)21-17(12-5-3-2-4-6-12)10-16(20-21)14-9-13(18)7-8-15(14)19;1-3(4)2-5/h2-9,17H,10H2,1H3;3H,2,5H2,1H3. The maximum Gasteiger partial charge on any atom is 0.240 e. The zero-order chi connectivity index (χ0) is 20.0. The van der Waals surface area contributed by atoms with Crippen molar-refractivity contribution in [2.24, 2.45) is 10.8 Å². The molecule has 1 aliphatic rings. The average Bonchev–Trinajstić information content (AvgIpc) is 3.10. The molecule has 7 heteroatoms. The van der Waals surface area contributed by atoms with Gasteiger partial charge in [-0.25, -0.2) is 18.2 Å². The van der Waals surface area contributed by atoms with E-state index >= 15 is 0 Å². The summed E-state index contributed by atoms with van der Waals surface area (Å²) in [6, 6.07) is 12.3. The van der Waals surface area contributed by atoms with Gasteiger partial charge in [-0.1, -0.05) is 30.3 Å². The van der Waals surface area contributed by atoms with Crippen molar-refractivity contribution >= 4 is 11.6 Å². The summed E-state index contributed by atoms with van der Waals surface area (Å²) >= 11 is 0. The molecule has 3 rings (SSSR count). The van der Waals surface area contributed by atoms with Gasteiger partial charge in [-0.15, -0.1) is 0 Å². The monoisotopic (exact) mass is 377 g/mol. The maximum atomic E-state index is 13.9. The highest BCUT2D eigenvalue weighted by molar-refractivity contribution is 6.03. The van der Waals surface area contributed by atoms with Crippen molar-refractivity contribution in [2.75, 3.05) is 6.54 Å². The fourth-order valence-electron chi connectivity index (χ4n) is 2.62. The summed E-state index contributed by atoms with van der Waals surface area (Å²) in [6.07, 6.45) is -0.487. The highest BCUT2D eigenvalue weighted by Crippen LogP contribution is 2.33. The molecular weight excluding hydrogens is 355 g/mol. The van der Waals surface area contributed by atoms with Gasteiger partial charge in [0.15, 0.2) is 0 Å². The molecule has 2 atom stereocenters. The number of rotatable bonds is 3. The normalized spacial score (nSPS) is 17.0. The van der Waals surface area contributed by atoms with E-state index in [-0.39, 0.29) is 24.1 Å². The summed E-state index contributed by atoms with van der Waals surface area (Å²) in [7, 11) is 0. The van der Waals surface area contributed by atoms with Crippen LogP contribution in [0.1, 0.15) is 37.4 Å². The average molecular weight is 377 g/mol. The van der Waals surface area contributed by atoms with Crippen molar-refractivity contribution in [3.8, 4) is 0 Å². The fraction of sp³-hybridized carbons (Fsp3) is 0.300. The molecule has 0 aromatic heterocycles. The van der Waals surface area contributed by atoms with Crippen LogP contribution in [0.5, 0.6) is 0 Å². The van der Waals surface area contributed by atoms with Gasteiger partial charge in [0.2, 0.25) is 5.91 Å². The van der Waals surface area contributed by atoms with Crippen LogP contribution in [-0.4, -0.2) is 29.3 Å². The lowest BCUT2D eigenvalue weighted by atomic mass is 9.98. The van der Waals surface area contributed by atoms with E-state index in [0.29, 0.717) is 12.1 Å². The van der Waals surface area contributed by atoms with E-state index in [1.54, 1.807) is 0 Å². The number of nitrogens with zero attached hydrogens (tertiary/aromatic N) is 2. The molecule has 144 valence electrons. The first-order chi connectivity index (χ1) is 12.8. The number of carbonyl (C=O) groups excluding carboxylic acids is 1. The molecule has 0 aliphatic carbocycles. The minimum atomic E-state index is -0.838. The third-order valence-electron chi connectivity index (χ3n) is 3.98. The predicted molar refractivity (Wildman–Crippen MR) is 98.8 cm³/mol. The molecule has 1 heterocycles. The molecule has 27 heavy (non-hydrogen) atoms. The minimum Gasteiger partial charge on any atom is -0.328 e. The molecule has 1 aliphatic heterocycles. The minimum absolute atomic E-state index is 0.102. The molecule has 1 amide bonds. The molecule has 2 aromatic rings. The molecule has 2 unspecified atom stereocenters. The van der Waals surface area contributed by atoms with E-state index in [4.69, 9.17) is 5.73 Å². The number of hydrogen-bond donors (Lipinski definition) is 1. The summed E-state index contributed by atoms with van der Waals surface area (Å²) in [5, 5.41) is 5.54. The van der Waals surface area contributed by atoms with Gasteiger partial charge in [-0.3, -0.25) is 4.79 Å². The van der Waals surface area contributed by atoms with E-state index in [1.165, 1.54) is 18.9 Å². The van der Waals surface area contributed by atoms with Gasteiger partial charge in [0.25, 0.3) is 0 Å². The van der Waals surface area contributed by atoms with Gasteiger partial charge in [-0.2, -0.15) is 5.10 Å². The Kier molecular flexibility index (Phi) is 7.12. The Balaban J connectivity index is 0.000000465. The smallest absolute Gasteiger partial charge is 0.240 e. The van der Waals surface area contributed by atoms with Crippen LogP contribution in [0, 0.1) is 11.6 Å². The van der Waals surface area contributed by atoms with Gasteiger partial charge in [0.1, 0.15) is 17.8 Å². The number of nitrogens with two attached hydrogens (primary N) is 1. The van der Waals surface area contributed by atoms with Crippen molar-refractivity contribution in [1.29, 1.82) is 0 Å². The van der Waals surface area contributed by atoms with Crippen molar-refractivity contribution in [2.45, 2.75) is 32.5 Å². The van der Waals surface area contributed by atoms with E-state index in [9.17, 15) is 18.0 Å². The number of carbonyl (C=O) groups is 1. The number of benzene rings is 2. The Morgan fingerprint density at radius 2 is 1.89 bits per heavy atom. The lowest BCUT2D eigenvalue weighted by Crippen LogP contribution is -2.24. The first-order valence-corrected chi connectivity index (χ1v) is 8.55. The van der Waals surface area contributed by atoms with Crippen LogP contribution in [-0.2, 0) is 4.79 Å². The Labute approximate surface area is 156 Å². The third kappa shape index (κ3) is 5.40. The number of hydrogen-bond acceptors (Lipinski definition) is 3. The molecule has 0 saturated heterocycles. The molecule has 0 fully saturated rings. The third-order valence-corrected chi connectivity index (χ3v) is 3.98. The van der Waals surface area contributed by atoms with Crippen LogP contribution in [0.4, 0.5) is 13.2 Å². The van der Waals surface area contributed by atoms with Crippen LogP contribution in [0.25, 0.3) is 0 Å². The van der Waals surface area contributed by atoms with Gasteiger partial charge in [-0.05, 0) is 30.7 Å². The van der Waals surface area contributed by atoms with Crippen molar-refractivity contribution < 1.29 is 18.0 Å². The molecule has 0 saturated carbocycles. The Morgan fingerprint density at radius 3 is 2.44 bits per heavy atom. The molecule has 2 aromatic carbocycles. The number of hydrazone groups is 1. The summed E-state index contributed by atoms with van der Waals surface area (Å²) in [5.41, 5.74) is 6.18. The predicted octanol–water partition coefficient (Wildman–Crippen LogP) is 3.97. The summed E-state index contributed by atoms with van der Waals surface area (Å²) in [5.74, 6) is -1.31. The second-order valence-electron chi connectivity index (χ2n) is 6.18. The largest absolute Gasteiger partial charge is 0.328 e. The van der Waals surface area contributed by atoms with Gasteiger partial charge in [0.05, 0.1) is 11.8 Å². The molecule has 0 spiro atoms.